The molecule has 2 aromatic carbocycles. The average molecular weight is 327 g/mol. The molecule has 23 heavy (non-hydrogen) atoms. The molecule has 5 heteroatoms. The van der Waals surface area contributed by atoms with Gasteiger partial charge in [0, 0.05) is 23.0 Å². The molecular weight excluding hydrogens is 312 g/mol. The molecule has 0 unspecified atom stereocenters. The van der Waals surface area contributed by atoms with E-state index in [0.29, 0.717) is 22.5 Å². The Kier molecular flexibility index (Phi) is 4.44. The molecule has 4 nitrogen and oxygen atoms in total. The predicted octanol–water partition coefficient (Wildman–Crippen LogP) is 3.20. The van der Waals surface area contributed by atoms with Gasteiger partial charge >= 0.3 is 0 Å². The Morgan fingerprint density at radius 3 is 2.57 bits per heavy atom. The molecule has 0 saturated carbocycles. The number of nitrogens with one attached hydrogen (secondary N) is 2. The molecule has 1 aromatic heterocycles. The second-order valence-corrected chi connectivity index (χ2v) is 5.67. The summed E-state index contributed by atoms with van der Waals surface area (Å²) in [5, 5.41) is 3.94. The minimum atomic E-state index is -0.340. The Labute approximate surface area is 137 Å². The van der Waals surface area contributed by atoms with E-state index in [1.54, 1.807) is 18.2 Å². The Bertz CT molecular complexity index is 952. The van der Waals surface area contributed by atoms with Crippen LogP contribution in [0.15, 0.2) is 64.2 Å². The first-order valence-electron chi connectivity index (χ1n) is 7.28. The average Bonchev–Trinajstić information content (AvgIpc) is 2.65. The summed E-state index contributed by atoms with van der Waals surface area (Å²) < 4.78 is 0. The summed E-state index contributed by atoms with van der Waals surface area (Å²) in [7, 11) is 0. The van der Waals surface area contributed by atoms with Gasteiger partial charge in [0.1, 0.15) is 5.69 Å². The monoisotopic (exact) mass is 326 g/mol. The summed E-state index contributed by atoms with van der Waals surface area (Å²) in [6.45, 7) is 0.563. The van der Waals surface area contributed by atoms with Crippen LogP contribution in [0.5, 0.6) is 0 Å². The van der Waals surface area contributed by atoms with Gasteiger partial charge in [-0.1, -0.05) is 41.9 Å². The van der Waals surface area contributed by atoms with E-state index < -0.39 is 0 Å². The summed E-state index contributed by atoms with van der Waals surface area (Å²) in [6, 6.07) is 16.1. The fourth-order valence-electron chi connectivity index (χ4n) is 2.42. The highest BCUT2D eigenvalue weighted by Gasteiger charge is 2.04. The van der Waals surface area contributed by atoms with Gasteiger partial charge in [-0.25, -0.2) is 0 Å². The van der Waals surface area contributed by atoms with Gasteiger partial charge in [-0.15, -0.1) is 0 Å². The third kappa shape index (κ3) is 3.60. The van der Waals surface area contributed by atoms with Crippen LogP contribution >= 0.6 is 11.6 Å². The van der Waals surface area contributed by atoms with Crippen molar-refractivity contribution in [1.29, 1.82) is 0 Å². The number of aromatic amines is 1. The third-order valence-corrected chi connectivity index (χ3v) is 3.82. The highest BCUT2D eigenvalue weighted by Crippen LogP contribution is 2.13. The normalized spacial score (nSPS) is 10.7. The maximum Gasteiger partial charge on any atom is 0.271 e. The Balaban J connectivity index is 1.89. The quantitative estimate of drug-likeness (QED) is 0.774. The van der Waals surface area contributed by atoms with Crippen LogP contribution in [0.1, 0.15) is 5.56 Å². The molecule has 0 aliphatic carbocycles. The molecule has 0 radical (unpaired) electrons. The zero-order valence-electron chi connectivity index (χ0n) is 12.3. The number of hydrogen-bond donors (Lipinski definition) is 2. The van der Waals surface area contributed by atoms with E-state index in [2.05, 4.69) is 10.3 Å². The SMILES string of the molecule is O=c1[nH]c2cc(Cl)ccc2c(=O)cc1NCCc1ccccc1. The minimum Gasteiger partial charge on any atom is -0.380 e. The zero-order chi connectivity index (χ0) is 16.2. The predicted molar refractivity (Wildman–Crippen MR) is 94.5 cm³/mol. The molecule has 1 heterocycles. The van der Waals surface area contributed by atoms with E-state index in [1.165, 1.54) is 6.07 Å². The molecule has 3 rings (SSSR count). The van der Waals surface area contributed by atoms with Crippen molar-refractivity contribution >= 4 is 28.2 Å². The van der Waals surface area contributed by atoms with Crippen molar-refractivity contribution in [3.63, 3.8) is 0 Å². The van der Waals surface area contributed by atoms with Gasteiger partial charge in [0.2, 0.25) is 0 Å². The number of anilines is 1. The molecule has 0 aliphatic heterocycles. The van der Waals surface area contributed by atoms with Gasteiger partial charge in [-0.3, -0.25) is 9.59 Å². The fraction of sp³-hybridized carbons (Fsp3) is 0.111. The Morgan fingerprint density at radius 1 is 1.00 bits per heavy atom. The smallest absolute Gasteiger partial charge is 0.271 e. The number of fused-ring (bicyclic) bond motifs is 1. The molecule has 0 saturated heterocycles. The second-order valence-electron chi connectivity index (χ2n) is 5.23. The van der Waals surface area contributed by atoms with Crippen molar-refractivity contribution in [3.05, 3.63) is 85.8 Å². The molecule has 0 amide bonds. The third-order valence-electron chi connectivity index (χ3n) is 3.59. The Hall–Kier alpha value is -2.59. The maximum absolute atomic E-state index is 12.3. The molecule has 3 aromatic rings. The van der Waals surface area contributed by atoms with E-state index in [1.807, 2.05) is 30.3 Å². The van der Waals surface area contributed by atoms with Gasteiger partial charge in [0.05, 0.1) is 5.52 Å². The number of aromatic nitrogens is 1. The van der Waals surface area contributed by atoms with Gasteiger partial charge in [-0.2, -0.15) is 0 Å². The van der Waals surface area contributed by atoms with Gasteiger partial charge in [-0.05, 0) is 30.2 Å². The lowest BCUT2D eigenvalue weighted by Gasteiger charge is -2.03. The topological polar surface area (TPSA) is 62.0 Å². The fourth-order valence-corrected chi connectivity index (χ4v) is 2.59. The van der Waals surface area contributed by atoms with E-state index in [0.717, 1.165) is 12.0 Å². The Morgan fingerprint density at radius 2 is 1.78 bits per heavy atom. The largest absolute Gasteiger partial charge is 0.380 e. The molecule has 0 aliphatic rings. The van der Waals surface area contributed by atoms with Crippen LogP contribution in [0.3, 0.4) is 0 Å². The first-order chi connectivity index (χ1) is 11.1. The highest BCUT2D eigenvalue weighted by molar-refractivity contribution is 6.31. The lowest BCUT2D eigenvalue weighted by atomic mass is 10.1. The van der Waals surface area contributed by atoms with Gasteiger partial charge in [0.25, 0.3) is 5.56 Å². The number of H-pyrrole nitrogens is 1. The highest BCUT2D eigenvalue weighted by atomic mass is 35.5. The number of rotatable bonds is 4. The summed E-state index contributed by atoms with van der Waals surface area (Å²) in [6.07, 6.45) is 0.762. The number of benzene rings is 2. The van der Waals surface area contributed by atoms with Crippen molar-refractivity contribution in [1.82, 2.24) is 4.98 Å². The van der Waals surface area contributed by atoms with Crippen molar-refractivity contribution in [3.8, 4) is 0 Å². The molecule has 0 atom stereocenters. The van der Waals surface area contributed by atoms with E-state index in [-0.39, 0.29) is 16.7 Å². The van der Waals surface area contributed by atoms with E-state index >= 15 is 0 Å². The van der Waals surface area contributed by atoms with Crippen LogP contribution in [-0.2, 0) is 6.42 Å². The lowest BCUT2D eigenvalue weighted by molar-refractivity contribution is 1.01. The maximum atomic E-state index is 12.3. The molecule has 2 N–H and O–H groups in total. The van der Waals surface area contributed by atoms with E-state index in [4.69, 9.17) is 11.6 Å². The van der Waals surface area contributed by atoms with Crippen LogP contribution in [0.2, 0.25) is 5.02 Å². The summed E-state index contributed by atoms with van der Waals surface area (Å²) in [4.78, 5) is 27.2. The molecular formula is C18H15ClN2O2. The van der Waals surface area contributed by atoms with Crippen molar-refractivity contribution in [2.45, 2.75) is 6.42 Å². The first-order valence-corrected chi connectivity index (χ1v) is 7.66. The molecule has 0 bridgehead atoms. The first kappa shape index (κ1) is 15.3. The standard InChI is InChI=1S/C18H15ClN2O2/c19-13-6-7-14-15(10-13)21-18(23)16(11-17(14)22)20-9-8-12-4-2-1-3-5-12/h1-7,10-11,20H,8-9H2,(H,21,23). The van der Waals surface area contributed by atoms with Crippen LogP contribution in [0, 0.1) is 0 Å². The van der Waals surface area contributed by atoms with E-state index in [9.17, 15) is 9.59 Å². The van der Waals surface area contributed by atoms with Crippen molar-refractivity contribution < 1.29 is 0 Å². The second kappa shape index (κ2) is 6.67. The molecule has 0 fully saturated rings. The minimum absolute atomic E-state index is 0.225. The van der Waals surface area contributed by atoms with Crippen LogP contribution in [0.4, 0.5) is 5.69 Å². The van der Waals surface area contributed by atoms with Crippen LogP contribution < -0.4 is 16.3 Å². The molecule has 0 spiro atoms. The van der Waals surface area contributed by atoms with Crippen molar-refractivity contribution in [2.24, 2.45) is 0 Å². The van der Waals surface area contributed by atoms with Crippen LogP contribution in [-0.4, -0.2) is 11.5 Å². The summed E-state index contributed by atoms with van der Waals surface area (Å²) in [5.74, 6) is 0. The van der Waals surface area contributed by atoms with Crippen LogP contribution in [0.25, 0.3) is 10.9 Å². The summed E-state index contributed by atoms with van der Waals surface area (Å²) >= 11 is 5.92. The van der Waals surface area contributed by atoms with Crippen molar-refractivity contribution in [2.75, 3.05) is 11.9 Å². The number of hydrogen-bond acceptors (Lipinski definition) is 3. The number of halogens is 1. The van der Waals surface area contributed by atoms with Gasteiger partial charge < -0.3 is 10.3 Å². The lowest BCUT2D eigenvalue weighted by Crippen LogP contribution is -2.14. The summed E-state index contributed by atoms with van der Waals surface area (Å²) in [5.41, 5.74) is 1.29. The molecule has 116 valence electrons. The van der Waals surface area contributed by atoms with Gasteiger partial charge in [0.15, 0.2) is 5.43 Å². The zero-order valence-corrected chi connectivity index (χ0v) is 13.1.